The van der Waals surface area contributed by atoms with Gasteiger partial charge in [0.05, 0.1) is 24.9 Å². The summed E-state index contributed by atoms with van der Waals surface area (Å²) in [6, 6.07) is 0. The van der Waals surface area contributed by atoms with E-state index in [1.54, 1.807) is 6.92 Å². The van der Waals surface area contributed by atoms with Gasteiger partial charge in [0.1, 0.15) is 18.3 Å². The Bertz CT molecular complexity index is 1080. The highest BCUT2D eigenvalue weighted by atomic mass is 16.7. The van der Waals surface area contributed by atoms with Crippen molar-refractivity contribution in [3.05, 3.63) is 0 Å². The molecular formula is C36H60O6. The minimum absolute atomic E-state index is 0.0621. The molecule has 42 heavy (non-hydrogen) atoms. The van der Waals surface area contributed by atoms with Gasteiger partial charge >= 0.3 is 0 Å². The van der Waals surface area contributed by atoms with E-state index in [4.69, 9.17) is 14.2 Å². The zero-order chi connectivity index (χ0) is 30.3. The fourth-order valence-corrected chi connectivity index (χ4v) is 13.5. The largest absolute Gasteiger partial charge is 0.388 e. The van der Waals surface area contributed by atoms with Crippen molar-refractivity contribution >= 4 is 0 Å². The van der Waals surface area contributed by atoms with Crippen LogP contribution in [0.25, 0.3) is 0 Å². The summed E-state index contributed by atoms with van der Waals surface area (Å²) in [4.78, 5) is 0. The first-order valence-electron chi connectivity index (χ1n) is 17.5. The maximum atomic E-state index is 10.7. The number of rotatable bonds is 2. The van der Waals surface area contributed by atoms with E-state index in [0.717, 1.165) is 31.3 Å². The lowest BCUT2D eigenvalue weighted by Gasteiger charge is -2.73. The predicted molar refractivity (Wildman–Crippen MR) is 161 cm³/mol. The maximum Gasteiger partial charge on any atom is 0.186 e. The van der Waals surface area contributed by atoms with Crippen molar-refractivity contribution in [2.45, 2.75) is 163 Å². The molecule has 2 bridgehead atoms. The third kappa shape index (κ3) is 3.78. The van der Waals surface area contributed by atoms with Crippen molar-refractivity contribution < 1.29 is 29.5 Å². The van der Waals surface area contributed by atoms with E-state index in [1.807, 2.05) is 0 Å². The van der Waals surface area contributed by atoms with Gasteiger partial charge in [-0.2, -0.15) is 0 Å². The van der Waals surface area contributed by atoms with Gasteiger partial charge < -0.3 is 29.5 Å². The van der Waals surface area contributed by atoms with Gasteiger partial charge in [0.15, 0.2) is 6.29 Å². The number of ether oxygens (including phenoxy) is 3. The molecule has 5 saturated carbocycles. The Labute approximate surface area is 254 Å². The Morgan fingerprint density at radius 2 is 1.40 bits per heavy atom. The molecule has 2 saturated heterocycles. The molecular weight excluding hydrogens is 528 g/mol. The lowest BCUT2D eigenvalue weighted by Crippen LogP contribution is -2.68. The van der Waals surface area contributed by atoms with Crippen LogP contribution in [0.4, 0.5) is 0 Å². The number of hydrogen-bond acceptors (Lipinski definition) is 6. The van der Waals surface area contributed by atoms with Crippen LogP contribution >= 0.6 is 0 Å². The molecule has 0 aromatic heterocycles. The summed E-state index contributed by atoms with van der Waals surface area (Å²) in [5.74, 6) is 2.71. The van der Waals surface area contributed by atoms with E-state index in [0.29, 0.717) is 34.2 Å². The lowest BCUT2D eigenvalue weighted by molar-refractivity contribution is -0.326. The Morgan fingerprint density at radius 3 is 2.14 bits per heavy atom. The Kier molecular flexibility index (Phi) is 6.81. The average molecular weight is 589 g/mol. The van der Waals surface area contributed by atoms with Gasteiger partial charge in [-0.3, -0.25) is 0 Å². The average Bonchev–Trinajstić information content (AvgIpc) is 3.26. The zero-order valence-corrected chi connectivity index (χ0v) is 27.7. The Balaban J connectivity index is 1.15. The van der Waals surface area contributed by atoms with Gasteiger partial charge in [-0.25, -0.2) is 0 Å². The summed E-state index contributed by atoms with van der Waals surface area (Å²) in [6.45, 7) is 20.5. The van der Waals surface area contributed by atoms with E-state index < -0.39 is 30.7 Å². The Morgan fingerprint density at radius 1 is 0.690 bits per heavy atom. The molecule has 0 amide bonds. The first-order chi connectivity index (χ1) is 19.5. The van der Waals surface area contributed by atoms with E-state index in [1.165, 1.54) is 51.4 Å². The first-order valence-corrected chi connectivity index (χ1v) is 17.5. The fourth-order valence-electron chi connectivity index (χ4n) is 13.5. The van der Waals surface area contributed by atoms with Crippen LogP contribution < -0.4 is 0 Å². The smallest absolute Gasteiger partial charge is 0.186 e. The quantitative estimate of drug-likeness (QED) is 0.339. The molecule has 15 atom stereocenters. The third-order valence-electron chi connectivity index (χ3n) is 16.2. The summed E-state index contributed by atoms with van der Waals surface area (Å²) < 4.78 is 19.2. The molecule has 2 aliphatic heterocycles. The molecule has 6 nitrogen and oxygen atoms in total. The zero-order valence-electron chi connectivity index (χ0n) is 27.7. The maximum absolute atomic E-state index is 10.7. The summed E-state index contributed by atoms with van der Waals surface area (Å²) >= 11 is 0. The van der Waals surface area contributed by atoms with Crippen molar-refractivity contribution in [3.8, 4) is 0 Å². The third-order valence-corrected chi connectivity index (χ3v) is 16.2. The van der Waals surface area contributed by atoms with Gasteiger partial charge in [0.2, 0.25) is 0 Å². The molecule has 3 N–H and O–H groups in total. The highest BCUT2D eigenvalue weighted by Gasteiger charge is 2.73. The highest BCUT2D eigenvalue weighted by Crippen LogP contribution is 2.78. The Hall–Kier alpha value is -0.240. The van der Waals surface area contributed by atoms with Crippen LogP contribution in [0.15, 0.2) is 0 Å². The first kappa shape index (κ1) is 30.4. The minimum atomic E-state index is -1.26. The van der Waals surface area contributed by atoms with E-state index in [-0.39, 0.29) is 22.3 Å². The van der Waals surface area contributed by atoms with E-state index in [9.17, 15) is 15.3 Å². The van der Waals surface area contributed by atoms with Crippen molar-refractivity contribution in [2.75, 3.05) is 6.61 Å². The second-order valence-corrected chi connectivity index (χ2v) is 18.4. The van der Waals surface area contributed by atoms with Gasteiger partial charge in [-0.05, 0) is 127 Å². The molecule has 7 fully saturated rings. The summed E-state index contributed by atoms with van der Waals surface area (Å²) in [6.07, 6.45) is 7.87. The van der Waals surface area contributed by atoms with Crippen LogP contribution in [0.2, 0.25) is 0 Å². The van der Waals surface area contributed by atoms with Gasteiger partial charge in [-0.15, -0.1) is 0 Å². The fraction of sp³-hybridized carbons (Fsp3) is 1.00. The predicted octanol–water partition coefficient (Wildman–Crippen LogP) is 6.09. The molecule has 5 aliphatic carbocycles. The molecule has 7 aliphatic rings. The normalized spacial score (nSPS) is 59.6. The molecule has 2 heterocycles. The topological polar surface area (TPSA) is 88.4 Å². The highest BCUT2D eigenvalue weighted by molar-refractivity contribution is 5.21. The second-order valence-electron chi connectivity index (χ2n) is 18.4. The molecule has 0 aromatic rings. The molecule has 240 valence electrons. The van der Waals surface area contributed by atoms with Gasteiger partial charge in [-0.1, -0.05) is 48.5 Å². The van der Waals surface area contributed by atoms with Crippen LogP contribution in [-0.4, -0.2) is 64.8 Å². The molecule has 6 heteroatoms. The van der Waals surface area contributed by atoms with Crippen LogP contribution in [0.1, 0.15) is 120 Å². The van der Waals surface area contributed by atoms with Gasteiger partial charge in [0.25, 0.3) is 0 Å². The van der Waals surface area contributed by atoms with Crippen molar-refractivity contribution in [2.24, 2.45) is 56.2 Å². The van der Waals surface area contributed by atoms with Crippen LogP contribution in [0.5, 0.6) is 0 Å². The summed E-state index contributed by atoms with van der Waals surface area (Å²) in [5.41, 5.74) is 1.55. The number of fused-ring (bicyclic) bond motifs is 5. The summed E-state index contributed by atoms with van der Waals surface area (Å²) in [5, 5.41) is 31.3. The van der Waals surface area contributed by atoms with Crippen LogP contribution in [0, 0.1) is 56.2 Å². The minimum Gasteiger partial charge on any atom is -0.388 e. The summed E-state index contributed by atoms with van der Waals surface area (Å²) in [7, 11) is 0. The van der Waals surface area contributed by atoms with Gasteiger partial charge in [0, 0.05) is 0 Å². The van der Waals surface area contributed by atoms with Crippen molar-refractivity contribution in [1.82, 2.24) is 0 Å². The molecule has 0 radical (unpaired) electrons. The number of aliphatic hydroxyl groups is 3. The monoisotopic (exact) mass is 588 g/mol. The molecule has 0 unspecified atom stereocenters. The van der Waals surface area contributed by atoms with Crippen LogP contribution in [-0.2, 0) is 14.2 Å². The molecule has 0 spiro atoms. The lowest BCUT2D eigenvalue weighted by atomic mass is 9.31. The SMILES string of the molecule is C[C@@H]1O[C@H](O[C@H]2CC[C@]3(C)[C@H]4CC[C@@H]5[C@H]6[C@@H]7OC[C@@]6(CCC7(C)C)CC[C@@]5(C)[C@]4(C)CC[C@H]3C2(C)C)[C@@H](O)[C@@H](O)[C@@H]1O. The number of aliphatic hydroxyl groups excluding tert-OH is 3. The number of hydrogen-bond donors (Lipinski definition) is 3. The van der Waals surface area contributed by atoms with Crippen molar-refractivity contribution in [1.29, 1.82) is 0 Å². The van der Waals surface area contributed by atoms with Crippen LogP contribution in [0.3, 0.4) is 0 Å². The van der Waals surface area contributed by atoms with E-state index >= 15 is 0 Å². The van der Waals surface area contributed by atoms with E-state index in [2.05, 4.69) is 48.5 Å². The second kappa shape index (κ2) is 9.41. The standard InChI is InChI=1S/C36H60O6/c1-20-26(37)27(38)28(39)30(41-20)42-24-12-13-33(6)22(32(24,4)5)11-14-35(8)23(33)10-9-21-25-29-31(2,3)15-17-36(25,19-40-29)18-16-34(21,35)7/h20-30,37-39H,9-19H2,1-8H3/t20-,21+,22-,23+,24-,25-,26+,27-,28-,29-,30+,33-,34+,35+,36+/m0/s1. The van der Waals surface area contributed by atoms with Crippen molar-refractivity contribution in [3.63, 3.8) is 0 Å². The molecule has 0 aromatic carbocycles. The molecule has 7 rings (SSSR count).